The van der Waals surface area contributed by atoms with Crippen molar-refractivity contribution in [2.45, 2.75) is 12.3 Å². The van der Waals surface area contributed by atoms with Crippen molar-refractivity contribution in [3.05, 3.63) is 188 Å². The van der Waals surface area contributed by atoms with Gasteiger partial charge in [0, 0.05) is 55.0 Å². The summed E-state index contributed by atoms with van der Waals surface area (Å²) in [6, 6.07) is 55.5. The monoisotopic (exact) mass is 731 g/mol. The fourth-order valence-corrected chi connectivity index (χ4v) is 8.74. The average molecular weight is 732 g/mol. The summed E-state index contributed by atoms with van der Waals surface area (Å²) in [4.78, 5) is 10.2. The van der Waals surface area contributed by atoms with Gasteiger partial charge in [0.1, 0.15) is 11.2 Å². The fraction of sp³-hybridized carbons (Fsp3) is 0.0385. The molecule has 1 unspecified atom stereocenters. The van der Waals surface area contributed by atoms with Crippen LogP contribution in [0.4, 0.5) is 0 Å². The van der Waals surface area contributed by atoms with Crippen molar-refractivity contribution in [1.29, 1.82) is 0 Å². The Hall–Kier alpha value is -7.50. The Kier molecular flexibility index (Phi) is 6.99. The van der Waals surface area contributed by atoms with E-state index in [4.69, 9.17) is 18.8 Å². The molecular formula is C52H33N3O2. The lowest BCUT2D eigenvalue weighted by Crippen LogP contribution is -2.04. The largest absolute Gasteiger partial charge is 0.452 e. The van der Waals surface area contributed by atoms with E-state index in [9.17, 15) is 0 Å². The molecule has 7 aromatic carbocycles. The molecule has 5 nitrogen and oxygen atoms in total. The van der Waals surface area contributed by atoms with E-state index in [2.05, 4.69) is 174 Å². The lowest BCUT2D eigenvalue weighted by molar-refractivity contribution is 0.633. The first-order valence-corrected chi connectivity index (χ1v) is 19.4. The van der Waals surface area contributed by atoms with Gasteiger partial charge in [-0.3, -0.25) is 0 Å². The molecule has 0 fully saturated rings. The van der Waals surface area contributed by atoms with Crippen LogP contribution in [0.2, 0.25) is 0 Å². The van der Waals surface area contributed by atoms with Gasteiger partial charge < -0.3 is 13.4 Å². The first-order chi connectivity index (χ1) is 28.2. The Morgan fingerprint density at radius 2 is 1.11 bits per heavy atom. The predicted octanol–water partition coefficient (Wildman–Crippen LogP) is 14.0. The maximum atomic E-state index is 6.60. The number of furan rings is 2. The molecule has 5 heteroatoms. The molecule has 0 spiro atoms. The molecule has 0 saturated heterocycles. The van der Waals surface area contributed by atoms with E-state index in [1.165, 1.54) is 21.8 Å². The number of hydrogen-bond acceptors (Lipinski definition) is 4. The summed E-state index contributed by atoms with van der Waals surface area (Å²) in [5, 5.41) is 6.55. The first kappa shape index (κ1) is 31.8. The third-order valence-corrected chi connectivity index (χ3v) is 11.5. The van der Waals surface area contributed by atoms with Crippen LogP contribution in [0.3, 0.4) is 0 Å². The van der Waals surface area contributed by atoms with E-state index >= 15 is 0 Å². The van der Waals surface area contributed by atoms with Crippen molar-refractivity contribution in [1.82, 2.24) is 14.5 Å². The van der Waals surface area contributed by atoms with E-state index in [0.717, 1.165) is 89.6 Å². The average Bonchev–Trinajstić information content (AvgIpc) is 3.96. The van der Waals surface area contributed by atoms with E-state index in [1.54, 1.807) is 0 Å². The molecule has 0 amide bonds. The summed E-state index contributed by atoms with van der Waals surface area (Å²) in [7, 11) is 0. The van der Waals surface area contributed by atoms with Crippen LogP contribution >= 0.6 is 0 Å². The molecule has 12 rings (SSSR count). The molecule has 0 radical (unpaired) electrons. The summed E-state index contributed by atoms with van der Waals surface area (Å²) >= 11 is 0. The Bertz CT molecular complexity index is 3440. The lowest BCUT2D eigenvalue weighted by Gasteiger charge is -2.15. The van der Waals surface area contributed by atoms with Gasteiger partial charge in [-0.05, 0) is 96.4 Å². The summed E-state index contributed by atoms with van der Waals surface area (Å²) in [5.41, 5.74) is 12.9. The normalized spacial score (nSPS) is 14.3. The Morgan fingerprint density at radius 1 is 0.474 bits per heavy atom. The van der Waals surface area contributed by atoms with E-state index in [1.807, 2.05) is 12.1 Å². The summed E-state index contributed by atoms with van der Waals surface area (Å²) < 4.78 is 15.5. The third kappa shape index (κ3) is 5.09. The fourth-order valence-electron chi connectivity index (χ4n) is 8.74. The molecule has 268 valence electrons. The van der Waals surface area contributed by atoms with Gasteiger partial charge in [0.15, 0.2) is 17.0 Å². The molecule has 4 heterocycles. The zero-order valence-corrected chi connectivity index (χ0v) is 30.8. The maximum absolute atomic E-state index is 6.60. The Balaban J connectivity index is 0.964. The minimum Gasteiger partial charge on any atom is -0.452 e. The predicted molar refractivity (Wildman–Crippen MR) is 233 cm³/mol. The summed E-state index contributed by atoms with van der Waals surface area (Å²) in [5.74, 6) is 0.898. The maximum Gasteiger partial charge on any atom is 0.178 e. The third-order valence-electron chi connectivity index (χ3n) is 11.5. The second-order valence-electron chi connectivity index (χ2n) is 14.9. The molecule has 0 aliphatic heterocycles. The number of hydrogen-bond donors (Lipinski definition) is 0. The number of fused-ring (bicyclic) bond motifs is 10. The van der Waals surface area contributed by atoms with Gasteiger partial charge in [0.2, 0.25) is 0 Å². The topological polar surface area (TPSA) is 57.0 Å². The minimum atomic E-state index is 0.198. The van der Waals surface area contributed by atoms with Crippen molar-refractivity contribution in [2.24, 2.45) is 0 Å². The highest BCUT2D eigenvalue weighted by molar-refractivity contribution is 6.19. The number of allylic oxidation sites excluding steroid dienone is 4. The van der Waals surface area contributed by atoms with Crippen LogP contribution in [-0.2, 0) is 0 Å². The molecule has 1 atom stereocenters. The molecule has 0 saturated carbocycles. The zero-order chi connectivity index (χ0) is 37.5. The van der Waals surface area contributed by atoms with Crippen LogP contribution in [-0.4, -0.2) is 14.5 Å². The van der Waals surface area contributed by atoms with Crippen LogP contribution in [0.5, 0.6) is 0 Å². The van der Waals surface area contributed by atoms with E-state index in [-0.39, 0.29) is 5.92 Å². The molecule has 1 aliphatic rings. The van der Waals surface area contributed by atoms with Gasteiger partial charge in [-0.2, -0.15) is 0 Å². The van der Waals surface area contributed by atoms with Crippen molar-refractivity contribution in [3.8, 4) is 39.5 Å². The minimum absolute atomic E-state index is 0.198. The highest BCUT2D eigenvalue weighted by Crippen LogP contribution is 2.42. The Morgan fingerprint density at radius 3 is 1.84 bits per heavy atom. The van der Waals surface area contributed by atoms with Gasteiger partial charge in [0.05, 0.1) is 22.4 Å². The van der Waals surface area contributed by atoms with Crippen molar-refractivity contribution < 1.29 is 8.83 Å². The molecule has 0 bridgehead atoms. The quantitative estimate of drug-likeness (QED) is 0.177. The van der Waals surface area contributed by atoms with Crippen molar-refractivity contribution >= 4 is 65.7 Å². The smallest absolute Gasteiger partial charge is 0.178 e. The summed E-state index contributed by atoms with van der Waals surface area (Å²) in [6.07, 6.45) is 9.53. The molecule has 1 aliphatic carbocycles. The second kappa shape index (κ2) is 12.5. The standard InChI is InChI=1S/C52H33N3O2/c1-4-12-32(13-5-1)44-31-45(33-14-6-2-7-15-33)54-52(53-44)36-22-27-49-43(30-36)40-24-23-39-42-29-35(21-26-48(42)56-50(39)51(40)57-49)34-20-25-47-41(28-34)38-18-10-11-19-46(38)55(47)37-16-8-3-9-17-37/h1-14,16-31,33H,15H2. The van der Waals surface area contributed by atoms with Gasteiger partial charge in [0.25, 0.3) is 0 Å². The summed E-state index contributed by atoms with van der Waals surface area (Å²) in [6.45, 7) is 0. The number of aromatic nitrogens is 3. The van der Waals surface area contributed by atoms with Crippen LogP contribution in [0.15, 0.2) is 191 Å². The highest BCUT2D eigenvalue weighted by Gasteiger charge is 2.20. The molecular weight excluding hydrogens is 699 g/mol. The van der Waals surface area contributed by atoms with Gasteiger partial charge in [-0.25, -0.2) is 9.97 Å². The van der Waals surface area contributed by atoms with Crippen LogP contribution in [0.25, 0.3) is 105 Å². The molecule has 4 aromatic heterocycles. The van der Waals surface area contributed by atoms with Gasteiger partial charge in [-0.15, -0.1) is 0 Å². The number of benzene rings is 7. The van der Waals surface area contributed by atoms with Crippen LogP contribution in [0.1, 0.15) is 18.0 Å². The Labute approximate surface area is 327 Å². The van der Waals surface area contributed by atoms with Crippen LogP contribution in [0, 0.1) is 0 Å². The number of para-hydroxylation sites is 2. The van der Waals surface area contributed by atoms with Crippen LogP contribution < -0.4 is 0 Å². The van der Waals surface area contributed by atoms with Crippen molar-refractivity contribution in [2.75, 3.05) is 0 Å². The second-order valence-corrected chi connectivity index (χ2v) is 14.9. The first-order valence-electron chi connectivity index (χ1n) is 19.4. The van der Waals surface area contributed by atoms with Gasteiger partial charge >= 0.3 is 0 Å². The van der Waals surface area contributed by atoms with Gasteiger partial charge in [-0.1, -0.05) is 103 Å². The van der Waals surface area contributed by atoms with E-state index in [0.29, 0.717) is 5.82 Å². The number of rotatable bonds is 5. The van der Waals surface area contributed by atoms with Crippen molar-refractivity contribution in [3.63, 3.8) is 0 Å². The number of nitrogens with zero attached hydrogens (tertiary/aromatic N) is 3. The zero-order valence-electron chi connectivity index (χ0n) is 30.8. The highest BCUT2D eigenvalue weighted by atomic mass is 16.4. The molecule has 0 N–H and O–H groups in total. The SMILES string of the molecule is C1=CCC(c2cc(-c3ccccc3)nc(-c3ccc4oc5c(ccc6c7cc(-c8ccc9c(c8)c8ccccc8n9-c8ccccc8)ccc7oc65)c4c3)n2)C=C1. The van der Waals surface area contributed by atoms with E-state index < -0.39 is 0 Å². The lowest BCUT2D eigenvalue weighted by atomic mass is 9.95. The molecule has 11 aromatic rings. The molecule has 57 heavy (non-hydrogen) atoms.